The Kier molecular flexibility index (Phi) is 6.88. The first kappa shape index (κ1) is 11.9. The lowest BCUT2D eigenvalue weighted by atomic mass is 10.1. The highest BCUT2D eigenvalue weighted by atomic mass is 16.5. The molecule has 1 unspecified atom stereocenters. The summed E-state index contributed by atoms with van der Waals surface area (Å²) in [6.07, 6.45) is 5.35. The Morgan fingerprint density at radius 1 is 1.54 bits per heavy atom. The van der Waals surface area contributed by atoms with E-state index in [1.165, 1.54) is 6.92 Å². The first-order valence-corrected chi connectivity index (χ1v) is 4.44. The van der Waals surface area contributed by atoms with Crippen molar-refractivity contribution in [1.82, 2.24) is 0 Å². The van der Waals surface area contributed by atoms with Crippen molar-refractivity contribution < 1.29 is 14.3 Å². The number of unbranched alkanes of at least 4 members (excludes halogenated alkanes) is 2. The molecular weight excluding hydrogens is 168 g/mol. The van der Waals surface area contributed by atoms with Crippen LogP contribution in [0.2, 0.25) is 0 Å². The SMILES string of the molecule is C=CC(CCCCC=O)OC(C)=O. The van der Waals surface area contributed by atoms with E-state index in [1.807, 2.05) is 0 Å². The summed E-state index contributed by atoms with van der Waals surface area (Å²) in [5.41, 5.74) is 0. The smallest absolute Gasteiger partial charge is 0.303 e. The largest absolute Gasteiger partial charge is 0.458 e. The number of carbonyl (C=O) groups is 2. The summed E-state index contributed by atoms with van der Waals surface area (Å²) in [6, 6.07) is 0. The van der Waals surface area contributed by atoms with E-state index in [-0.39, 0.29) is 12.1 Å². The first-order chi connectivity index (χ1) is 6.20. The highest BCUT2D eigenvalue weighted by Gasteiger charge is 2.06. The molecule has 0 aliphatic heterocycles. The van der Waals surface area contributed by atoms with Crippen molar-refractivity contribution in [2.24, 2.45) is 0 Å². The molecule has 0 amide bonds. The second-order valence-corrected chi connectivity index (χ2v) is 2.83. The Bertz CT molecular complexity index is 175. The van der Waals surface area contributed by atoms with Crippen LogP contribution >= 0.6 is 0 Å². The van der Waals surface area contributed by atoms with Crippen LogP contribution < -0.4 is 0 Å². The van der Waals surface area contributed by atoms with Crippen LogP contribution in [0.5, 0.6) is 0 Å². The summed E-state index contributed by atoms with van der Waals surface area (Å²) >= 11 is 0. The van der Waals surface area contributed by atoms with E-state index in [0.29, 0.717) is 6.42 Å². The van der Waals surface area contributed by atoms with Gasteiger partial charge in [0.1, 0.15) is 12.4 Å². The Morgan fingerprint density at radius 3 is 2.69 bits per heavy atom. The van der Waals surface area contributed by atoms with E-state index in [1.54, 1.807) is 6.08 Å². The van der Waals surface area contributed by atoms with Crippen LogP contribution in [-0.2, 0) is 14.3 Å². The van der Waals surface area contributed by atoms with Crippen LogP contribution in [0.4, 0.5) is 0 Å². The van der Waals surface area contributed by atoms with Crippen LogP contribution in [0.3, 0.4) is 0 Å². The van der Waals surface area contributed by atoms with Crippen molar-refractivity contribution in [1.29, 1.82) is 0 Å². The molecular formula is C10H16O3. The van der Waals surface area contributed by atoms with Crippen LogP contribution in [0.25, 0.3) is 0 Å². The van der Waals surface area contributed by atoms with Crippen LogP contribution in [-0.4, -0.2) is 18.4 Å². The van der Waals surface area contributed by atoms with Crippen molar-refractivity contribution >= 4 is 12.3 Å². The van der Waals surface area contributed by atoms with E-state index in [4.69, 9.17) is 4.74 Å². The molecule has 74 valence electrons. The first-order valence-electron chi connectivity index (χ1n) is 4.44. The minimum atomic E-state index is -0.291. The maximum absolute atomic E-state index is 10.6. The molecule has 0 bridgehead atoms. The van der Waals surface area contributed by atoms with Gasteiger partial charge in [0.05, 0.1) is 0 Å². The summed E-state index contributed by atoms with van der Waals surface area (Å²) < 4.78 is 4.93. The van der Waals surface area contributed by atoms with Crippen LogP contribution in [0.15, 0.2) is 12.7 Å². The lowest BCUT2D eigenvalue weighted by Crippen LogP contribution is -2.13. The number of hydrogen-bond acceptors (Lipinski definition) is 3. The molecule has 0 rings (SSSR count). The Morgan fingerprint density at radius 2 is 2.23 bits per heavy atom. The summed E-state index contributed by atoms with van der Waals surface area (Å²) in [5.74, 6) is -0.291. The van der Waals surface area contributed by atoms with Gasteiger partial charge in [-0.05, 0) is 19.3 Å². The van der Waals surface area contributed by atoms with Crippen molar-refractivity contribution in [2.75, 3.05) is 0 Å². The molecule has 0 aromatic heterocycles. The molecule has 0 aliphatic carbocycles. The summed E-state index contributed by atoms with van der Waals surface area (Å²) in [4.78, 5) is 20.6. The number of aldehydes is 1. The monoisotopic (exact) mass is 184 g/mol. The molecule has 0 N–H and O–H groups in total. The van der Waals surface area contributed by atoms with Gasteiger partial charge in [-0.3, -0.25) is 4.79 Å². The van der Waals surface area contributed by atoms with Gasteiger partial charge in [0, 0.05) is 13.3 Å². The molecule has 13 heavy (non-hydrogen) atoms. The molecule has 3 heteroatoms. The van der Waals surface area contributed by atoms with Gasteiger partial charge in [-0.2, -0.15) is 0 Å². The number of rotatable bonds is 7. The van der Waals surface area contributed by atoms with Crippen molar-refractivity contribution in [3.8, 4) is 0 Å². The highest BCUT2D eigenvalue weighted by molar-refractivity contribution is 5.66. The molecule has 0 aliphatic rings. The van der Waals surface area contributed by atoms with E-state index in [0.717, 1.165) is 25.5 Å². The van der Waals surface area contributed by atoms with Gasteiger partial charge in [-0.1, -0.05) is 12.7 Å². The summed E-state index contributed by atoms with van der Waals surface area (Å²) in [5, 5.41) is 0. The zero-order chi connectivity index (χ0) is 10.1. The zero-order valence-corrected chi connectivity index (χ0v) is 7.99. The quantitative estimate of drug-likeness (QED) is 0.262. The summed E-state index contributed by atoms with van der Waals surface area (Å²) in [6.45, 7) is 4.94. The predicted octanol–water partition coefficient (Wildman–Crippen LogP) is 1.86. The molecule has 0 spiro atoms. The van der Waals surface area contributed by atoms with Gasteiger partial charge in [0.25, 0.3) is 0 Å². The molecule has 0 radical (unpaired) electrons. The topological polar surface area (TPSA) is 43.4 Å². The molecule has 0 heterocycles. The predicted molar refractivity (Wildman–Crippen MR) is 50.3 cm³/mol. The number of esters is 1. The van der Waals surface area contributed by atoms with Crippen LogP contribution in [0.1, 0.15) is 32.6 Å². The van der Waals surface area contributed by atoms with E-state index in [9.17, 15) is 9.59 Å². The highest BCUT2D eigenvalue weighted by Crippen LogP contribution is 2.07. The second kappa shape index (κ2) is 7.53. The van der Waals surface area contributed by atoms with Gasteiger partial charge < -0.3 is 9.53 Å². The number of hydrogen-bond donors (Lipinski definition) is 0. The third-order valence-electron chi connectivity index (χ3n) is 1.64. The average molecular weight is 184 g/mol. The van der Waals surface area contributed by atoms with E-state index >= 15 is 0 Å². The maximum Gasteiger partial charge on any atom is 0.303 e. The third kappa shape index (κ3) is 7.25. The van der Waals surface area contributed by atoms with Crippen molar-refractivity contribution in [2.45, 2.75) is 38.7 Å². The minimum Gasteiger partial charge on any atom is -0.458 e. The van der Waals surface area contributed by atoms with Gasteiger partial charge >= 0.3 is 5.97 Å². The van der Waals surface area contributed by atoms with Gasteiger partial charge in [-0.15, -0.1) is 0 Å². The molecule has 0 fully saturated rings. The lowest BCUT2D eigenvalue weighted by Gasteiger charge is -2.11. The third-order valence-corrected chi connectivity index (χ3v) is 1.64. The Hall–Kier alpha value is -1.12. The molecule has 3 nitrogen and oxygen atoms in total. The standard InChI is InChI=1S/C10H16O3/c1-3-10(13-9(2)12)7-5-4-6-8-11/h3,8,10H,1,4-7H2,2H3. The van der Waals surface area contributed by atoms with E-state index < -0.39 is 0 Å². The fourth-order valence-corrected chi connectivity index (χ4v) is 1.01. The lowest BCUT2D eigenvalue weighted by molar-refractivity contribution is -0.144. The minimum absolute atomic E-state index is 0.204. The molecule has 0 aromatic rings. The van der Waals surface area contributed by atoms with Crippen LogP contribution in [0, 0.1) is 0 Å². The number of ether oxygens (including phenoxy) is 1. The normalized spacial score (nSPS) is 11.8. The fraction of sp³-hybridized carbons (Fsp3) is 0.600. The van der Waals surface area contributed by atoms with Gasteiger partial charge in [0.15, 0.2) is 0 Å². The Balaban J connectivity index is 3.53. The molecule has 0 saturated heterocycles. The average Bonchev–Trinajstić information content (AvgIpc) is 2.09. The number of carbonyl (C=O) groups excluding carboxylic acids is 2. The van der Waals surface area contributed by atoms with Crippen molar-refractivity contribution in [3.63, 3.8) is 0 Å². The maximum atomic E-state index is 10.6. The fourth-order valence-electron chi connectivity index (χ4n) is 1.01. The van der Waals surface area contributed by atoms with Crippen molar-refractivity contribution in [3.05, 3.63) is 12.7 Å². The summed E-state index contributed by atoms with van der Waals surface area (Å²) in [7, 11) is 0. The van der Waals surface area contributed by atoms with Gasteiger partial charge in [0.2, 0.25) is 0 Å². The zero-order valence-electron chi connectivity index (χ0n) is 7.99. The second-order valence-electron chi connectivity index (χ2n) is 2.83. The van der Waals surface area contributed by atoms with Gasteiger partial charge in [-0.25, -0.2) is 0 Å². The molecule has 0 saturated carbocycles. The van der Waals surface area contributed by atoms with E-state index in [2.05, 4.69) is 6.58 Å². The molecule has 0 aromatic carbocycles. The Labute approximate surface area is 78.8 Å². The molecule has 1 atom stereocenters.